The SMILES string of the molecule is COCCNc1ccc([N+](=O)[O-])cc1C(=O)Nc1nc(C(C)(C)C)cs1. The minimum atomic E-state index is -0.531. The predicted molar refractivity (Wildman–Crippen MR) is 102 cm³/mol. The van der Waals surface area contributed by atoms with E-state index in [-0.39, 0.29) is 16.7 Å². The third-order valence-electron chi connectivity index (χ3n) is 3.57. The van der Waals surface area contributed by atoms with E-state index < -0.39 is 10.8 Å². The molecule has 0 radical (unpaired) electrons. The summed E-state index contributed by atoms with van der Waals surface area (Å²) >= 11 is 1.32. The van der Waals surface area contributed by atoms with Crippen LogP contribution in [0.3, 0.4) is 0 Å². The summed E-state index contributed by atoms with van der Waals surface area (Å²) in [5.74, 6) is -0.455. The number of hydrogen-bond acceptors (Lipinski definition) is 7. The fourth-order valence-corrected chi connectivity index (χ4v) is 3.05. The van der Waals surface area contributed by atoms with Crippen molar-refractivity contribution < 1.29 is 14.5 Å². The summed E-state index contributed by atoms with van der Waals surface area (Å²) in [6, 6.07) is 4.13. The van der Waals surface area contributed by atoms with Crippen LogP contribution in [0.25, 0.3) is 0 Å². The highest BCUT2D eigenvalue weighted by Gasteiger charge is 2.20. The normalized spacial score (nSPS) is 11.2. The first-order chi connectivity index (χ1) is 12.2. The van der Waals surface area contributed by atoms with Crippen LogP contribution < -0.4 is 10.6 Å². The molecule has 0 unspecified atom stereocenters. The van der Waals surface area contributed by atoms with Gasteiger partial charge in [-0.1, -0.05) is 20.8 Å². The molecule has 0 atom stereocenters. The van der Waals surface area contributed by atoms with Gasteiger partial charge in [-0.2, -0.15) is 0 Å². The first kappa shape index (κ1) is 19.8. The highest BCUT2D eigenvalue weighted by Crippen LogP contribution is 2.28. The first-order valence-electron chi connectivity index (χ1n) is 8.01. The molecule has 0 saturated carbocycles. The van der Waals surface area contributed by atoms with Gasteiger partial charge in [0.15, 0.2) is 5.13 Å². The number of non-ortho nitro benzene ring substituents is 1. The Morgan fingerprint density at radius 2 is 2.12 bits per heavy atom. The average Bonchev–Trinajstić information content (AvgIpc) is 3.04. The molecule has 0 spiro atoms. The van der Waals surface area contributed by atoms with Crippen molar-refractivity contribution in [2.24, 2.45) is 0 Å². The molecule has 2 aromatic rings. The minimum Gasteiger partial charge on any atom is -0.383 e. The summed E-state index contributed by atoms with van der Waals surface area (Å²) in [5, 5.41) is 19.2. The van der Waals surface area contributed by atoms with Crippen LogP contribution in [0.2, 0.25) is 0 Å². The molecule has 1 amide bonds. The molecule has 0 fully saturated rings. The number of anilines is 2. The van der Waals surface area contributed by atoms with Crippen molar-refractivity contribution in [3.8, 4) is 0 Å². The molecule has 0 bridgehead atoms. The summed E-state index contributed by atoms with van der Waals surface area (Å²) < 4.78 is 4.98. The Labute approximate surface area is 155 Å². The number of nitro benzene ring substituents is 1. The van der Waals surface area contributed by atoms with Gasteiger partial charge >= 0.3 is 0 Å². The Morgan fingerprint density at radius 3 is 2.69 bits per heavy atom. The van der Waals surface area contributed by atoms with E-state index >= 15 is 0 Å². The third-order valence-corrected chi connectivity index (χ3v) is 4.33. The van der Waals surface area contributed by atoms with Gasteiger partial charge in [0.1, 0.15) is 0 Å². The number of thiazole rings is 1. The number of methoxy groups -OCH3 is 1. The zero-order chi connectivity index (χ0) is 19.3. The number of amides is 1. The zero-order valence-corrected chi connectivity index (χ0v) is 16.0. The standard InChI is InChI=1S/C17H22N4O4S/c1-17(2,3)14-10-26-16(19-14)20-15(22)12-9-11(21(23)24)5-6-13(12)18-7-8-25-4/h5-6,9-10,18H,7-8H2,1-4H3,(H,19,20,22). The van der Waals surface area contributed by atoms with Crippen molar-refractivity contribution in [2.45, 2.75) is 26.2 Å². The monoisotopic (exact) mass is 378 g/mol. The highest BCUT2D eigenvalue weighted by molar-refractivity contribution is 7.14. The minimum absolute atomic E-state index is 0.127. The Kier molecular flexibility index (Phi) is 6.27. The summed E-state index contributed by atoms with van der Waals surface area (Å²) in [6.07, 6.45) is 0. The second-order valence-electron chi connectivity index (χ2n) is 6.65. The van der Waals surface area contributed by atoms with Crippen LogP contribution in [-0.4, -0.2) is 36.1 Å². The Bertz CT molecular complexity index is 798. The van der Waals surface area contributed by atoms with E-state index in [1.165, 1.54) is 29.5 Å². The molecule has 0 aliphatic rings. The lowest BCUT2D eigenvalue weighted by Gasteiger charge is -2.14. The molecule has 9 heteroatoms. The molecule has 1 heterocycles. The lowest BCUT2D eigenvalue weighted by molar-refractivity contribution is -0.384. The van der Waals surface area contributed by atoms with E-state index in [0.29, 0.717) is 24.0 Å². The zero-order valence-electron chi connectivity index (χ0n) is 15.2. The van der Waals surface area contributed by atoms with Crippen molar-refractivity contribution in [3.63, 3.8) is 0 Å². The van der Waals surface area contributed by atoms with Gasteiger partial charge < -0.3 is 10.1 Å². The summed E-state index contributed by atoms with van der Waals surface area (Å²) in [4.78, 5) is 27.6. The molecule has 140 valence electrons. The number of aromatic nitrogens is 1. The average molecular weight is 378 g/mol. The number of rotatable bonds is 7. The fourth-order valence-electron chi connectivity index (χ4n) is 2.12. The summed E-state index contributed by atoms with van der Waals surface area (Å²) in [6.45, 7) is 7.02. The third kappa shape index (κ3) is 4.99. The number of nitrogens with zero attached hydrogens (tertiary/aromatic N) is 2. The van der Waals surface area contributed by atoms with Crippen LogP contribution in [0.4, 0.5) is 16.5 Å². The van der Waals surface area contributed by atoms with Crippen molar-refractivity contribution >= 4 is 33.8 Å². The number of carbonyl (C=O) groups excluding carboxylic acids is 1. The number of carbonyl (C=O) groups is 1. The number of nitro groups is 1. The number of ether oxygens (including phenoxy) is 1. The summed E-state index contributed by atoms with van der Waals surface area (Å²) in [5.41, 5.74) is 1.27. The molecule has 2 N–H and O–H groups in total. The van der Waals surface area contributed by atoms with Gasteiger partial charge in [-0.3, -0.25) is 20.2 Å². The quantitative estimate of drug-likeness (QED) is 0.433. The van der Waals surface area contributed by atoms with Crippen LogP contribution in [0.15, 0.2) is 23.6 Å². The maximum absolute atomic E-state index is 12.7. The van der Waals surface area contributed by atoms with Gasteiger partial charge in [-0.05, 0) is 6.07 Å². The Hall–Kier alpha value is -2.52. The lowest BCUT2D eigenvalue weighted by atomic mass is 9.93. The van der Waals surface area contributed by atoms with E-state index in [1.54, 1.807) is 7.11 Å². The van der Waals surface area contributed by atoms with Crippen LogP contribution in [0.5, 0.6) is 0 Å². The molecule has 2 rings (SSSR count). The van der Waals surface area contributed by atoms with Gasteiger partial charge in [0.25, 0.3) is 11.6 Å². The van der Waals surface area contributed by atoms with Gasteiger partial charge in [-0.15, -0.1) is 11.3 Å². The lowest BCUT2D eigenvalue weighted by Crippen LogP contribution is -2.17. The first-order valence-corrected chi connectivity index (χ1v) is 8.89. The van der Waals surface area contributed by atoms with Crippen LogP contribution in [0, 0.1) is 10.1 Å². The molecular weight excluding hydrogens is 356 g/mol. The number of benzene rings is 1. The molecule has 1 aromatic heterocycles. The highest BCUT2D eigenvalue weighted by atomic mass is 32.1. The van der Waals surface area contributed by atoms with E-state index in [1.807, 2.05) is 26.2 Å². The van der Waals surface area contributed by atoms with Crippen molar-refractivity contribution in [3.05, 3.63) is 45.0 Å². The fraction of sp³-hybridized carbons (Fsp3) is 0.412. The molecule has 0 saturated heterocycles. The van der Waals surface area contributed by atoms with Crippen LogP contribution in [-0.2, 0) is 10.2 Å². The largest absolute Gasteiger partial charge is 0.383 e. The van der Waals surface area contributed by atoms with Gasteiger partial charge in [0.2, 0.25) is 0 Å². The topological polar surface area (TPSA) is 106 Å². The van der Waals surface area contributed by atoms with Gasteiger partial charge in [-0.25, -0.2) is 4.98 Å². The van der Waals surface area contributed by atoms with Crippen LogP contribution >= 0.6 is 11.3 Å². The summed E-state index contributed by atoms with van der Waals surface area (Å²) in [7, 11) is 1.57. The maximum Gasteiger partial charge on any atom is 0.270 e. The second kappa shape index (κ2) is 8.24. The number of nitrogens with one attached hydrogen (secondary N) is 2. The smallest absolute Gasteiger partial charge is 0.270 e. The molecule has 26 heavy (non-hydrogen) atoms. The molecule has 1 aromatic carbocycles. The maximum atomic E-state index is 12.7. The molecular formula is C17H22N4O4S. The molecule has 0 aliphatic carbocycles. The van der Waals surface area contributed by atoms with E-state index in [9.17, 15) is 14.9 Å². The van der Waals surface area contributed by atoms with Gasteiger partial charge in [0, 0.05) is 42.3 Å². The van der Waals surface area contributed by atoms with E-state index in [2.05, 4.69) is 15.6 Å². The van der Waals surface area contributed by atoms with E-state index in [4.69, 9.17) is 4.74 Å². The van der Waals surface area contributed by atoms with Crippen molar-refractivity contribution in [1.82, 2.24) is 4.98 Å². The Balaban J connectivity index is 2.25. The second-order valence-corrected chi connectivity index (χ2v) is 7.51. The van der Waals surface area contributed by atoms with Gasteiger partial charge in [0.05, 0.1) is 22.8 Å². The predicted octanol–water partition coefficient (Wildman–Crippen LogP) is 3.66. The Morgan fingerprint density at radius 1 is 1.38 bits per heavy atom. The molecule has 8 nitrogen and oxygen atoms in total. The van der Waals surface area contributed by atoms with Crippen molar-refractivity contribution in [1.29, 1.82) is 0 Å². The number of hydrogen-bond donors (Lipinski definition) is 2. The van der Waals surface area contributed by atoms with E-state index in [0.717, 1.165) is 5.69 Å². The van der Waals surface area contributed by atoms with Crippen molar-refractivity contribution in [2.75, 3.05) is 30.9 Å². The molecule has 0 aliphatic heterocycles. The van der Waals surface area contributed by atoms with Crippen LogP contribution in [0.1, 0.15) is 36.8 Å².